The first-order chi connectivity index (χ1) is 17.4. The summed E-state index contributed by atoms with van der Waals surface area (Å²) < 4.78 is 6.20. The maximum absolute atomic E-state index is 12.9. The first-order valence-corrected chi connectivity index (χ1v) is 12.2. The Labute approximate surface area is 217 Å². The summed E-state index contributed by atoms with van der Waals surface area (Å²) in [5, 5.41) is 13.8. The minimum Gasteiger partial charge on any atom is -0.465 e. The summed E-state index contributed by atoms with van der Waals surface area (Å²) in [6.07, 6.45) is -0.869. The number of anilines is 1. The molecular weight excluding hydrogens is 501 g/mol. The Morgan fingerprint density at radius 1 is 0.944 bits per heavy atom. The van der Waals surface area contributed by atoms with Gasteiger partial charge in [-0.1, -0.05) is 47.5 Å². The number of hydrogen-bond acceptors (Lipinski definition) is 4. The molecule has 0 saturated carbocycles. The highest BCUT2D eigenvalue weighted by molar-refractivity contribution is 6.37. The van der Waals surface area contributed by atoms with Gasteiger partial charge in [-0.2, -0.15) is 0 Å². The normalized spacial score (nSPS) is 14.2. The van der Waals surface area contributed by atoms with Gasteiger partial charge in [0.1, 0.15) is 11.3 Å². The summed E-state index contributed by atoms with van der Waals surface area (Å²) in [5.41, 5.74) is 3.51. The molecule has 2 N–H and O–H groups in total. The van der Waals surface area contributed by atoms with Gasteiger partial charge in [0.2, 0.25) is 0 Å². The summed E-state index contributed by atoms with van der Waals surface area (Å²) in [6, 6.07) is 20.2. The van der Waals surface area contributed by atoms with E-state index < -0.39 is 6.09 Å². The maximum atomic E-state index is 12.9. The monoisotopic (exact) mass is 523 g/mol. The van der Waals surface area contributed by atoms with E-state index in [1.165, 1.54) is 11.0 Å². The Kier molecular flexibility index (Phi) is 6.87. The molecule has 1 fully saturated rings. The number of fused-ring (bicyclic) bond motifs is 1. The Balaban J connectivity index is 1.35. The number of carboxylic acid groups (broad SMARTS) is 1. The molecule has 36 heavy (non-hydrogen) atoms. The molecule has 0 aliphatic carbocycles. The molecule has 7 nitrogen and oxygen atoms in total. The van der Waals surface area contributed by atoms with E-state index >= 15 is 0 Å². The average molecular weight is 524 g/mol. The van der Waals surface area contributed by atoms with Crippen molar-refractivity contribution in [1.29, 1.82) is 0 Å². The first-order valence-electron chi connectivity index (χ1n) is 11.5. The fourth-order valence-electron chi connectivity index (χ4n) is 4.33. The minimum absolute atomic E-state index is 0.276. The van der Waals surface area contributed by atoms with Crippen LogP contribution >= 0.6 is 23.2 Å². The molecule has 184 valence electrons. The molecule has 9 heteroatoms. The second-order valence-electron chi connectivity index (χ2n) is 8.65. The molecule has 1 saturated heterocycles. The number of carbonyl (C=O) groups is 2. The zero-order valence-corrected chi connectivity index (χ0v) is 20.7. The summed E-state index contributed by atoms with van der Waals surface area (Å²) in [6.45, 7) is 3.11. The van der Waals surface area contributed by atoms with Crippen LogP contribution in [0.5, 0.6) is 0 Å². The van der Waals surface area contributed by atoms with Crippen LogP contribution in [0.1, 0.15) is 15.9 Å². The molecule has 3 aromatic carbocycles. The van der Waals surface area contributed by atoms with Crippen molar-refractivity contribution in [2.75, 3.05) is 31.5 Å². The number of nitrogens with one attached hydrogen (secondary N) is 1. The Morgan fingerprint density at radius 3 is 2.47 bits per heavy atom. The van der Waals surface area contributed by atoms with Crippen molar-refractivity contribution in [3.8, 4) is 11.3 Å². The lowest BCUT2D eigenvalue weighted by Gasteiger charge is -2.33. The van der Waals surface area contributed by atoms with Crippen LogP contribution in [0.25, 0.3) is 22.3 Å². The predicted octanol–water partition coefficient (Wildman–Crippen LogP) is 6.45. The van der Waals surface area contributed by atoms with Crippen molar-refractivity contribution < 1.29 is 19.1 Å². The van der Waals surface area contributed by atoms with E-state index in [9.17, 15) is 9.59 Å². The predicted molar refractivity (Wildman–Crippen MR) is 141 cm³/mol. The van der Waals surface area contributed by atoms with Crippen molar-refractivity contribution in [2.45, 2.75) is 6.54 Å². The lowest BCUT2D eigenvalue weighted by atomic mass is 10.1. The molecule has 0 radical (unpaired) electrons. The summed E-state index contributed by atoms with van der Waals surface area (Å²) in [7, 11) is 0. The van der Waals surface area contributed by atoms with E-state index in [2.05, 4.69) is 16.3 Å². The van der Waals surface area contributed by atoms with Crippen molar-refractivity contribution in [1.82, 2.24) is 9.80 Å². The molecule has 0 bridgehead atoms. The van der Waals surface area contributed by atoms with Crippen molar-refractivity contribution in [2.24, 2.45) is 0 Å². The minimum atomic E-state index is -0.869. The van der Waals surface area contributed by atoms with E-state index in [1.54, 1.807) is 12.1 Å². The SMILES string of the molecule is O=C(Nc1ccccc1-c1cc2ccc(CN3CCN(C(=O)O)CC3)cc2o1)c1ccc(Cl)cc1Cl. The molecule has 1 aliphatic rings. The second-order valence-corrected chi connectivity index (χ2v) is 9.50. The van der Waals surface area contributed by atoms with E-state index in [0.29, 0.717) is 54.8 Å². The molecular formula is C27H23Cl2N3O4. The number of rotatable bonds is 5. The number of carbonyl (C=O) groups excluding carboxylic acids is 1. The van der Waals surface area contributed by atoms with E-state index in [4.69, 9.17) is 32.7 Å². The van der Waals surface area contributed by atoms with Gasteiger partial charge in [0, 0.05) is 48.7 Å². The molecule has 0 atom stereocenters. The number of hydrogen-bond donors (Lipinski definition) is 2. The molecule has 4 aromatic rings. The highest BCUT2D eigenvalue weighted by Gasteiger charge is 2.21. The average Bonchev–Trinajstić information content (AvgIpc) is 3.28. The zero-order chi connectivity index (χ0) is 25.2. The summed E-state index contributed by atoms with van der Waals surface area (Å²) in [5.74, 6) is 0.292. The standard InChI is InChI=1S/C27H23Cl2N3O4/c28-19-7-8-20(22(29)15-19)26(33)30-23-4-2-1-3-21(23)25-14-18-6-5-17(13-24(18)36-25)16-31-9-11-32(12-10-31)27(34)35/h1-8,13-15H,9-12,16H2,(H,30,33)(H,34,35). The van der Waals surface area contributed by atoms with Crippen LogP contribution in [0, 0.1) is 0 Å². The van der Waals surface area contributed by atoms with Gasteiger partial charge in [0.15, 0.2) is 0 Å². The molecule has 0 unspecified atom stereocenters. The zero-order valence-electron chi connectivity index (χ0n) is 19.2. The smallest absolute Gasteiger partial charge is 0.407 e. The van der Waals surface area contributed by atoms with Crippen LogP contribution in [0.2, 0.25) is 10.0 Å². The Morgan fingerprint density at radius 2 is 1.72 bits per heavy atom. The quantitative estimate of drug-likeness (QED) is 0.313. The lowest BCUT2D eigenvalue weighted by Crippen LogP contribution is -2.47. The van der Waals surface area contributed by atoms with Crippen LogP contribution in [-0.2, 0) is 6.54 Å². The Bertz CT molecular complexity index is 1440. The molecule has 5 rings (SSSR count). The van der Waals surface area contributed by atoms with Crippen LogP contribution < -0.4 is 5.32 Å². The van der Waals surface area contributed by atoms with Gasteiger partial charge in [-0.3, -0.25) is 9.69 Å². The van der Waals surface area contributed by atoms with Gasteiger partial charge in [0.25, 0.3) is 5.91 Å². The number of benzene rings is 3. The van der Waals surface area contributed by atoms with Gasteiger partial charge in [-0.15, -0.1) is 0 Å². The molecule has 2 heterocycles. The number of para-hydroxylation sites is 1. The third kappa shape index (κ3) is 5.18. The Hall–Kier alpha value is -3.52. The van der Waals surface area contributed by atoms with Gasteiger partial charge >= 0.3 is 6.09 Å². The third-order valence-corrected chi connectivity index (χ3v) is 6.80. The molecule has 2 amide bonds. The number of nitrogens with zero attached hydrogens (tertiary/aromatic N) is 2. The molecule has 1 aromatic heterocycles. The topological polar surface area (TPSA) is 86.0 Å². The van der Waals surface area contributed by atoms with Crippen LogP contribution in [0.4, 0.5) is 10.5 Å². The fraction of sp³-hybridized carbons (Fsp3) is 0.185. The summed E-state index contributed by atoms with van der Waals surface area (Å²) >= 11 is 12.2. The van der Waals surface area contributed by atoms with Crippen LogP contribution in [0.15, 0.2) is 71.1 Å². The number of halogens is 2. The summed E-state index contributed by atoms with van der Waals surface area (Å²) in [4.78, 5) is 27.7. The lowest BCUT2D eigenvalue weighted by molar-refractivity contribution is 0.102. The van der Waals surface area contributed by atoms with Crippen LogP contribution in [-0.4, -0.2) is 53.1 Å². The first kappa shape index (κ1) is 24.2. The number of amides is 2. The molecule has 0 spiro atoms. The van der Waals surface area contributed by atoms with Gasteiger partial charge in [-0.05, 0) is 48.0 Å². The van der Waals surface area contributed by atoms with Crippen molar-refractivity contribution in [3.05, 3.63) is 87.9 Å². The van der Waals surface area contributed by atoms with E-state index in [0.717, 1.165) is 22.1 Å². The maximum Gasteiger partial charge on any atom is 0.407 e. The van der Waals surface area contributed by atoms with E-state index in [1.807, 2.05) is 42.5 Å². The van der Waals surface area contributed by atoms with Crippen molar-refractivity contribution >= 4 is 51.9 Å². The largest absolute Gasteiger partial charge is 0.465 e. The fourth-order valence-corrected chi connectivity index (χ4v) is 4.83. The van der Waals surface area contributed by atoms with Gasteiger partial charge in [0.05, 0.1) is 16.3 Å². The third-order valence-electron chi connectivity index (χ3n) is 6.25. The second kappa shape index (κ2) is 10.2. The highest BCUT2D eigenvalue weighted by Crippen LogP contribution is 2.34. The van der Waals surface area contributed by atoms with Crippen LogP contribution in [0.3, 0.4) is 0 Å². The van der Waals surface area contributed by atoms with Crippen molar-refractivity contribution in [3.63, 3.8) is 0 Å². The number of piperazine rings is 1. The van der Waals surface area contributed by atoms with E-state index in [-0.39, 0.29) is 10.9 Å². The van der Waals surface area contributed by atoms with Gasteiger partial charge in [-0.25, -0.2) is 4.79 Å². The molecule has 1 aliphatic heterocycles. The highest BCUT2D eigenvalue weighted by atomic mass is 35.5. The number of furan rings is 1. The van der Waals surface area contributed by atoms with Gasteiger partial charge < -0.3 is 19.7 Å².